The molecule has 29 heavy (non-hydrogen) atoms. The van der Waals surface area contributed by atoms with Crippen LogP contribution < -0.4 is 11.1 Å². The van der Waals surface area contributed by atoms with Crippen molar-refractivity contribution in [3.05, 3.63) is 22.2 Å². The van der Waals surface area contributed by atoms with Crippen LogP contribution in [0.5, 0.6) is 0 Å². The van der Waals surface area contributed by atoms with E-state index in [1.54, 1.807) is 17.7 Å². The third-order valence-corrected chi connectivity index (χ3v) is 7.20. The molecule has 0 atom stereocenters. The van der Waals surface area contributed by atoms with Crippen molar-refractivity contribution in [2.75, 3.05) is 11.1 Å². The molecule has 1 amide bonds. The van der Waals surface area contributed by atoms with Crippen LogP contribution in [-0.2, 0) is 17.6 Å². The van der Waals surface area contributed by atoms with Gasteiger partial charge in [-0.25, -0.2) is 9.97 Å². The number of hydrogen-bond acceptors (Lipinski definition) is 7. The molecule has 0 aliphatic heterocycles. The second-order valence-electron chi connectivity index (χ2n) is 7.79. The van der Waals surface area contributed by atoms with Crippen molar-refractivity contribution in [1.29, 1.82) is 0 Å². The van der Waals surface area contributed by atoms with Gasteiger partial charge >= 0.3 is 0 Å². The minimum Gasteiger partial charge on any atom is -0.382 e. The number of fused-ring (bicyclic) bond motifs is 2. The van der Waals surface area contributed by atoms with Crippen molar-refractivity contribution in [3.8, 4) is 0 Å². The van der Waals surface area contributed by atoms with E-state index >= 15 is 0 Å². The van der Waals surface area contributed by atoms with Crippen molar-refractivity contribution in [2.24, 2.45) is 5.92 Å². The summed E-state index contributed by atoms with van der Waals surface area (Å²) >= 11 is 7.61. The number of anilines is 2. The predicted molar refractivity (Wildman–Crippen MR) is 113 cm³/mol. The standard InChI is InChI=1S/C19H22ClN7OS/c20-18-24-15(21)14-16(25-18)27(9-22-14)11-7-5-10(6-8-11)17(28)26-19-23-12-3-1-2-4-13(12)29-19/h9-11H,1-8H2,(H2,21,24,25)(H,23,26,28). The van der Waals surface area contributed by atoms with E-state index in [4.69, 9.17) is 17.3 Å². The Kier molecular flexibility index (Phi) is 4.87. The zero-order chi connectivity index (χ0) is 20.0. The number of carbonyl (C=O) groups excluding carboxylic acids is 1. The number of hydrogen-bond donors (Lipinski definition) is 2. The molecule has 8 nitrogen and oxygen atoms in total. The Bertz CT molecular complexity index is 1050. The van der Waals surface area contributed by atoms with E-state index in [0.29, 0.717) is 11.2 Å². The van der Waals surface area contributed by atoms with Gasteiger partial charge in [0.25, 0.3) is 0 Å². The number of nitrogens with two attached hydrogens (primary N) is 1. The summed E-state index contributed by atoms with van der Waals surface area (Å²) in [6.07, 6.45) is 9.66. The SMILES string of the molecule is Nc1nc(Cl)nc2c1ncn2C1CCC(C(=O)Nc2nc3c(s2)CCCC3)CC1. The van der Waals surface area contributed by atoms with Crippen molar-refractivity contribution >= 4 is 51.0 Å². The minimum atomic E-state index is 0.00486. The molecule has 0 radical (unpaired) electrons. The zero-order valence-corrected chi connectivity index (χ0v) is 17.5. The van der Waals surface area contributed by atoms with Crippen molar-refractivity contribution in [1.82, 2.24) is 24.5 Å². The molecule has 3 aromatic heterocycles. The largest absolute Gasteiger partial charge is 0.382 e. The molecule has 3 heterocycles. The molecule has 10 heteroatoms. The van der Waals surface area contributed by atoms with Crippen LogP contribution in [0.15, 0.2) is 6.33 Å². The normalized spacial score (nSPS) is 21.8. The minimum absolute atomic E-state index is 0.00486. The van der Waals surface area contributed by atoms with E-state index in [-0.39, 0.29) is 29.0 Å². The maximum atomic E-state index is 12.8. The summed E-state index contributed by atoms with van der Waals surface area (Å²) in [5, 5.41) is 3.93. The quantitative estimate of drug-likeness (QED) is 0.610. The summed E-state index contributed by atoms with van der Waals surface area (Å²) in [6, 6.07) is 0.224. The topological polar surface area (TPSA) is 112 Å². The van der Waals surface area contributed by atoms with Crippen molar-refractivity contribution < 1.29 is 4.79 Å². The zero-order valence-electron chi connectivity index (χ0n) is 15.9. The van der Waals surface area contributed by atoms with Crippen molar-refractivity contribution in [2.45, 2.75) is 57.4 Å². The lowest BCUT2D eigenvalue weighted by Gasteiger charge is -2.28. The van der Waals surface area contributed by atoms with Gasteiger partial charge in [0.05, 0.1) is 12.0 Å². The van der Waals surface area contributed by atoms with Crippen LogP contribution in [0.4, 0.5) is 10.9 Å². The number of aromatic nitrogens is 5. The van der Waals surface area contributed by atoms with Crippen LogP contribution in [-0.4, -0.2) is 30.4 Å². The van der Waals surface area contributed by atoms with Gasteiger partial charge in [0.1, 0.15) is 5.52 Å². The smallest absolute Gasteiger partial charge is 0.229 e. The molecular weight excluding hydrogens is 410 g/mol. The first-order chi connectivity index (χ1) is 14.1. The van der Waals surface area contributed by atoms with Gasteiger partial charge in [0, 0.05) is 16.8 Å². The van der Waals surface area contributed by atoms with Gasteiger partial charge in [-0.2, -0.15) is 9.97 Å². The number of thiazole rings is 1. The number of nitrogens with one attached hydrogen (secondary N) is 1. The van der Waals surface area contributed by atoms with Gasteiger partial charge in [0.2, 0.25) is 11.2 Å². The third-order valence-electron chi connectivity index (χ3n) is 5.96. The first-order valence-corrected chi connectivity index (χ1v) is 11.2. The summed E-state index contributed by atoms with van der Waals surface area (Å²) in [7, 11) is 0. The molecule has 0 saturated heterocycles. The second-order valence-corrected chi connectivity index (χ2v) is 9.21. The fraction of sp³-hybridized carbons (Fsp3) is 0.526. The lowest BCUT2D eigenvalue weighted by atomic mass is 9.85. The molecule has 0 spiro atoms. The maximum Gasteiger partial charge on any atom is 0.229 e. The number of carbonyl (C=O) groups is 1. The molecule has 0 aromatic carbocycles. The van der Waals surface area contributed by atoms with Gasteiger partial charge in [-0.1, -0.05) is 0 Å². The number of nitrogen functional groups attached to an aromatic ring is 1. The van der Waals surface area contributed by atoms with Crippen molar-refractivity contribution in [3.63, 3.8) is 0 Å². The van der Waals surface area contributed by atoms with E-state index in [1.165, 1.54) is 23.4 Å². The fourth-order valence-electron chi connectivity index (χ4n) is 4.41. The Morgan fingerprint density at radius 1 is 1.17 bits per heavy atom. The van der Waals surface area contributed by atoms with Gasteiger partial charge < -0.3 is 15.6 Å². The molecule has 0 unspecified atom stereocenters. The molecule has 152 valence electrons. The number of nitrogens with zero attached hydrogens (tertiary/aromatic N) is 5. The highest BCUT2D eigenvalue weighted by Gasteiger charge is 2.29. The first kappa shape index (κ1) is 18.7. The van der Waals surface area contributed by atoms with Crippen LogP contribution in [0.2, 0.25) is 5.28 Å². The molecule has 3 aromatic rings. The van der Waals surface area contributed by atoms with Crippen LogP contribution in [0, 0.1) is 5.92 Å². The molecule has 2 aliphatic carbocycles. The first-order valence-electron chi connectivity index (χ1n) is 10.0. The second kappa shape index (κ2) is 7.53. The van der Waals surface area contributed by atoms with E-state index in [0.717, 1.165) is 43.7 Å². The van der Waals surface area contributed by atoms with Gasteiger partial charge in [0.15, 0.2) is 16.6 Å². The molecule has 2 aliphatic rings. The molecule has 1 saturated carbocycles. The average molecular weight is 432 g/mol. The number of imidazole rings is 1. The summed E-state index contributed by atoms with van der Waals surface area (Å²) in [5.74, 6) is 0.378. The number of amides is 1. The van der Waals surface area contributed by atoms with E-state index in [1.807, 2.05) is 4.57 Å². The van der Waals surface area contributed by atoms with Crippen LogP contribution in [0.25, 0.3) is 11.2 Å². The Labute approximate surface area is 176 Å². The Morgan fingerprint density at radius 3 is 2.76 bits per heavy atom. The Morgan fingerprint density at radius 2 is 1.97 bits per heavy atom. The van der Waals surface area contributed by atoms with Gasteiger partial charge in [-0.05, 0) is 63.0 Å². The van der Waals surface area contributed by atoms with E-state index < -0.39 is 0 Å². The highest BCUT2D eigenvalue weighted by Crippen LogP contribution is 2.36. The molecular formula is C19H22ClN7OS. The van der Waals surface area contributed by atoms with Crippen LogP contribution in [0.3, 0.4) is 0 Å². The molecule has 5 rings (SSSR count). The number of rotatable bonds is 3. The summed E-state index contributed by atoms with van der Waals surface area (Å²) < 4.78 is 2.02. The third kappa shape index (κ3) is 3.57. The predicted octanol–water partition coefficient (Wildman–Crippen LogP) is 3.77. The number of aryl methyl sites for hydroxylation is 2. The van der Waals surface area contributed by atoms with E-state index in [2.05, 4.69) is 25.3 Å². The summed E-state index contributed by atoms with van der Waals surface area (Å²) in [4.78, 5) is 31.3. The number of halogens is 1. The van der Waals surface area contributed by atoms with Gasteiger partial charge in [-0.3, -0.25) is 4.79 Å². The lowest BCUT2D eigenvalue weighted by Crippen LogP contribution is -2.28. The molecule has 0 bridgehead atoms. The monoisotopic (exact) mass is 431 g/mol. The Balaban J connectivity index is 1.25. The van der Waals surface area contributed by atoms with Gasteiger partial charge in [-0.15, -0.1) is 11.3 Å². The van der Waals surface area contributed by atoms with E-state index in [9.17, 15) is 4.79 Å². The maximum absolute atomic E-state index is 12.8. The average Bonchev–Trinajstić information content (AvgIpc) is 3.31. The van der Waals surface area contributed by atoms with Crippen LogP contribution in [0.1, 0.15) is 55.1 Å². The fourth-order valence-corrected chi connectivity index (χ4v) is 5.63. The molecule has 3 N–H and O–H groups in total. The summed E-state index contributed by atoms with van der Waals surface area (Å²) in [5.41, 5.74) is 8.30. The Hall–Kier alpha value is -2.26. The highest BCUT2D eigenvalue weighted by molar-refractivity contribution is 7.15. The van der Waals surface area contributed by atoms with Crippen LogP contribution >= 0.6 is 22.9 Å². The highest BCUT2D eigenvalue weighted by atomic mass is 35.5. The summed E-state index contributed by atoms with van der Waals surface area (Å²) in [6.45, 7) is 0. The molecule has 1 fully saturated rings. The lowest BCUT2D eigenvalue weighted by molar-refractivity contribution is -0.120.